The molecule has 0 spiro atoms. The van der Waals surface area contributed by atoms with Crippen LogP contribution < -0.4 is 4.74 Å². The van der Waals surface area contributed by atoms with Crippen LogP contribution in [0.5, 0.6) is 5.75 Å². The van der Waals surface area contributed by atoms with E-state index in [0.29, 0.717) is 18.7 Å². The molecule has 1 N–H and O–H groups in total. The lowest BCUT2D eigenvalue weighted by Gasteiger charge is -2.22. The Morgan fingerprint density at radius 2 is 2.10 bits per heavy atom. The van der Waals surface area contributed by atoms with Gasteiger partial charge in [-0.05, 0) is 38.0 Å². The van der Waals surface area contributed by atoms with Crippen LogP contribution >= 0.6 is 0 Å². The van der Waals surface area contributed by atoms with Gasteiger partial charge in [0.15, 0.2) is 6.10 Å². The zero-order chi connectivity index (χ0) is 15.1. The van der Waals surface area contributed by atoms with Crippen molar-refractivity contribution in [2.24, 2.45) is 0 Å². The number of aryl methyl sites for hydroxylation is 1. The molecule has 5 nitrogen and oxygen atoms in total. The summed E-state index contributed by atoms with van der Waals surface area (Å²) in [5.41, 5.74) is 1.07. The SMILES string of the molecule is Cc1cccc(OC(C)C(=O)N(C)CCCC(=O)O)c1. The van der Waals surface area contributed by atoms with Crippen molar-refractivity contribution in [3.05, 3.63) is 29.8 Å². The lowest BCUT2D eigenvalue weighted by atomic mass is 10.2. The minimum atomic E-state index is -0.852. The maximum atomic E-state index is 12.1. The molecule has 1 rings (SSSR count). The molecule has 1 atom stereocenters. The predicted molar refractivity (Wildman–Crippen MR) is 75.8 cm³/mol. The quantitative estimate of drug-likeness (QED) is 0.830. The van der Waals surface area contributed by atoms with Crippen molar-refractivity contribution in [3.8, 4) is 5.75 Å². The Labute approximate surface area is 119 Å². The fraction of sp³-hybridized carbons (Fsp3) is 0.467. The van der Waals surface area contributed by atoms with E-state index < -0.39 is 12.1 Å². The maximum absolute atomic E-state index is 12.1. The molecule has 20 heavy (non-hydrogen) atoms. The van der Waals surface area contributed by atoms with E-state index in [1.807, 2.05) is 25.1 Å². The minimum Gasteiger partial charge on any atom is -0.481 e. The molecule has 0 radical (unpaired) electrons. The fourth-order valence-electron chi connectivity index (χ4n) is 1.83. The Hall–Kier alpha value is -2.04. The van der Waals surface area contributed by atoms with Gasteiger partial charge in [-0.25, -0.2) is 0 Å². The number of aliphatic carboxylic acids is 1. The normalized spacial score (nSPS) is 11.8. The summed E-state index contributed by atoms with van der Waals surface area (Å²) >= 11 is 0. The molecule has 0 aliphatic heterocycles. The van der Waals surface area contributed by atoms with Crippen molar-refractivity contribution >= 4 is 11.9 Å². The van der Waals surface area contributed by atoms with Crippen molar-refractivity contribution in [1.29, 1.82) is 0 Å². The van der Waals surface area contributed by atoms with Crippen LogP contribution in [0.15, 0.2) is 24.3 Å². The van der Waals surface area contributed by atoms with Gasteiger partial charge in [-0.3, -0.25) is 9.59 Å². The molecule has 0 heterocycles. The summed E-state index contributed by atoms with van der Waals surface area (Å²) in [7, 11) is 1.65. The number of carbonyl (C=O) groups excluding carboxylic acids is 1. The summed E-state index contributed by atoms with van der Waals surface area (Å²) in [6.07, 6.45) is -0.0916. The van der Waals surface area contributed by atoms with Gasteiger partial charge in [0, 0.05) is 20.0 Å². The Morgan fingerprint density at radius 3 is 2.70 bits per heavy atom. The lowest BCUT2D eigenvalue weighted by Crippen LogP contribution is -2.38. The Bertz CT molecular complexity index is 473. The number of hydrogen-bond donors (Lipinski definition) is 1. The second-order valence-corrected chi connectivity index (χ2v) is 4.83. The molecule has 0 saturated heterocycles. The van der Waals surface area contributed by atoms with Crippen LogP contribution in [0.25, 0.3) is 0 Å². The number of likely N-dealkylation sites (N-methyl/N-ethyl adjacent to an activating group) is 1. The molecular formula is C15H21NO4. The first-order valence-corrected chi connectivity index (χ1v) is 6.60. The number of benzene rings is 1. The van der Waals surface area contributed by atoms with Crippen LogP contribution in [-0.4, -0.2) is 41.6 Å². The summed E-state index contributed by atoms with van der Waals surface area (Å²) in [6, 6.07) is 7.51. The molecule has 0 aliphatic carbocycles. The van der Waals surface area contributed by atoms with Gasteiger partial charge in [0.25, 0.3) is 5.91 Å². The van der Waals surface area contributed by atoms with Crippen LogP contribution in [0.3, 0.4) is 0 Å². The zero-order valence-corrected chi connectivity index (χ0v) is 12.1. The molecule has 1 amide bonds. The smallest absolute Gasteiger partial charge is 0.303 e. The van der Waals surface area contributed by atoms with Crippen molar-refractivity contribution < 1.29 is 19.4 Å². The van der Waals surface area contributed by atoms with E-state index in [-0.39, 0.29) is 12.3 Å². The van der Waals surface area contributed by atoms with E-state index in [9.17, 15) is 9.59 Å². The topological polar surface area (TPSA) is 66.8 Å². The second-order valence-electron chi connectivity index (χ2n) is 4.83. The zero-order valence-electron chi connectivity index (χ0n) is 12.1. The Balaban J connectivity index is 2.47. The number of nitrogens with zero attached hydrogens (tertiary/aromatic N) is 1. The molecule has 0 aromatic heterocycles. The molecule has 110 valence electrons. The van der Waals surface area contributed by atoms with Crippen LogP contribution in [0.2, 0.25) is 0 Å². The third kappa shape index (κ3) is 5.30. The molecule has 0 saturated carbocycles. The van der Waals surface area contributed by atoms with Gasteiger partial charge in [0.1, 0.15) is 5.75 Å². The number of amides is 1. The standard InChI is InChI=1S/C15H21NO4/c1-11-6-4-7-13(10-11)20-12(2)15(19)16(3)9-5-8-14(17)18/h4,6-7,10,12H,5,8-9H2,1-3H3,(H,17,18). The highest BCUT2D eigenvalue weighted by Gasteiger charge is 2.19. The molecule has 1 unspecified atom stereocenters. The van der Waals surface area contributed by atoms with E-state index in [1.165, 1.54) is 4.90 Å². The Morgan fingerprint density at radius 1 is 1.40 bits per heavy atom. The number of ether oxygens (including phenoxy) is 1. The number of rotatable bonds is 7. The first-order valence-electron chi connectivity index (χ1n) is 6.60. The van der Waals surface area contributed by atoms with E-state index in [4.69, 9.17) is 9.84 Å². The molecule has 1 aromatic rings. The summed E-state index contributed by atoms with van der Waals surface area (Å²) in [6.45, 7) is 4.06. The highest BCUT2D eigenvalue weighted by atomic mass is 16.5. The van der Waals surface area contributed by atoms with Gasteiger partial charge in [-0.2, -0.15) is 0 Å². The van der Waals surface area contributed by atoms with Crippen LogP contribution in [0, 0.1) is 6.92 Å². The predicted octanol–water partition coefficient (Wildman–Crippen LogP) is 2.09. The van der Waals surface area contributed by atoms with E-state index in [2.05, 4.69) is 0 Å². The van der Waals surface area contributed by atoms with E-state index in [0.717, 1.165) is 5.56 Å². The van der Waals surface area contributed by atoms with Crippen molar-refractivity contribution in [2.75, 3.05) is 13.6 Å². The number of carboxylic acids is 1. The van der Waals surface area contributed by atoms with Crippen molar-refractivity contribution in [1.82, 2.24) is 4.90 Å². The average molecular weight is 279 g/mol. The van der Waals surface area contributed by atoms with Crippen LogP contribution in [-0.2, 0) is 9.59 Å². The Kier molecular flexibility index (Phi) is 6.03. The molecule has 1 aromatic carbocycles. The largest absolute Gasteiger partial charge is 0.481 e. The molecule has 0 fully saturated rings. The van der Waals surface area contributed by atoms with Gasteiger partial charge in [-0.15, -0.1) is 0 Å². The number of carbonyl (C=O) groups is 2. The molecule has 0 aliphatic rings. The van der Waals surface area contributed by atoms with Gasteiger partial charge in [0.2, 0.25) is 0 Å². The third-order valence-corrected chi connectivity index (χ3v) is 2.91. The molecule has 0 bridgehead atoms. The van der Waals surface area contributed by atoms with Crippen molar-refractivity contribution in [2.45, 2.75) is 32.8 Å². The monoisotopic (exact) mass is 279 g/mol. The van der Waals surface area contributed by atoms with E-state index >= 15 is 0 Å². The molecular weight excluding hydrogens is 258 g/mol. The maximum Gasteiger partial charge on any atom is 0.303 e. The highest BCUT2D eigenvalue weighted by molar-refractivity contribution is 5.80. The fourth-order valence-corrected chi connectivity index (χ4v) is 1.83. The van der Waals surface area contributed by atoms with Crippen molar-refractivity contribution in [3.63, 3.8) is 0 Å². The first kappa shape index (κ1) is 16.0. The number of hydrogen-bond acceptors (Lipinski definition) is 3. The van der Waals surface area contributed by atoms with Gasteiger partial charge in [-0.1, -0.05) is 12.1 Å². The van der Waals surface area contributed by atoms with E-state index in [1.54, 1.807) is 20.0 Å². The summed E-state index contributed by atoms with van der Waals surface area (Å²) < 4.78 is 5.60. The van der Waals surface area contributed by atoms with Gasteiger partial charge in [0.05, 0.1) is 0 Å². The summed E-state index contributed by atoms with van der Waals surface area (Å²) in [5, 5.41) is 8.57. The lowest BCUT2D eigenvalue weighted by molar-refractivity contribution is -0.139. The second kappa shape index (κ2) is 7.53. The molecule has 5 heteroatoms. The summed E-state index contributed by atoms with van der Waals surface area (Å²) in [5.74, 6) is -0.350. The highest BCUT2D eigenvalue weighted by Crippen LogP contribution is 2.14. The van der Waals surface area contributed by atoms with Crippen LogP contribution in [0.1, 0.15) is 25.3 Å². The first-order chi connectivity index (χ1) is 9.40. The third-order valence-electron chi connectivity index (χ3n) is 2.91. The summed E-state index contributed by atoms with van der Waals surface area (Å²) in [4.78, 5) is 24.0. The van der Waals surface area contributed by atoms with Gasteiger partial charge >= 0.3 is 5.97 Å². The number of carboxylic acid groups (broad SMARTS) is 1. The van der Waals surface area contributed by atoms with Gasteiger partial charge < -0.3 is 14.7 Å². The van der Waals surface area contributed by atoms with Crippen LogP contribution in [0.4, 0.5) is 0 Å². The average Bonchev–Trinajstić information content (AvgIpc) is 2.37. The minimum absolute atomic E-state index is 0.0603.